The molecular weight excluding hydrogens is 414 g/mol. The van der Waals surface area contributed by atoms with Crippen molar-refractivity contribution in [3.63, 3.8) is 0 Å². The number of Topliss-reactive ketones (excluding diaryl/α,β-unsaturated/α-hetero) is 1. The zero-order valence-corrected chi connectivity index (χ0v) is 18.7. The van der Waals surface area contributed by atoms with Crippen LogP contribution in [0.4, 0.5) is 0 Å². The van der Waals surface area contributed by atoms with Gasteiger partial charge in [0, 0.05) is 37.4 Å². The van der Waals surface area contributed by atoms with Gasteiger partial charge in [0.1, 0.15) is 5.78 Å². The second-order valence-corrected chi connectivity index (χ2v) is 10.1. The molecule has 0 saturated heterocycles. The summed E-state index contributed by atoms with van der Waals surface area (Å²) in [7, 11) is -0.747. The minimum atomic E-state index is -3.75. The Hall–Kier alpha value is -2.64. The lowest BCUT2D eigenvalue weighted by Gasteiger charge is -2.45. The topological polar surface area (TPSA) is 72.9 Å². The highest BCUT2D eigenvalue weighted by Crippen LogP contribution is 2.46. The molecular formula is C24H27NO5S. The molecule has 1 atom stereocenters. The largest absolute Gasteiger partial charge is 0.493 e. The van der Waals surface area contributed by atoms with Crippen LogP contribution in [0.3, 0.4) is 0 Å². The van der Waals surface area contributed by atoms with E-state index in [2.05, 4.69) is 12.1 Å². The Balaban J connectivity index is 1.69. The highest BCUT2D eigenvalue weighted by Gasteiger charge is 2.45. The van der Waals surface area contributed by atoms with Crippen molar-refractivity contribution in [1.29, 1.82) is 0 Å². The Morgan fingerprint density at radius 2 is 1.77 bits per heavy atom. The average molecular weight is 442 g/mol. The molecule has 1 unspecified atom stereocenters. The Morgan fingerprint density at radius 1 is 1.03 bits per heavy atom. The van der Waals surface area contributed by atoms with E-state index in [1.165, 1.54) is 24.6 Å². The summed E-state index contributed by atoms with van der Waals surface area (Å²) in [5, 5.41) is 0. The summed E-state index contributed by atoms with van der Waals surface area (Å²) < 4.78 is 39.1. The minimum Gasteiger partial charge on any atom is -0.493 e. The Labute approximate surface area is 183 Å². The number of ketones is 1. The van der Waals surface area contributed by atoms with Gasteiger partial charge in [0.2, 0.25) is 10.0 Å². The molecule has 2 aliphatic rings. The first kappa shape index (κ1) is 21.6. The second-order valence-electron chi connectivity index (χ2n) is 8.20. The molecule has 0 aromatic heterocycles. The lowest BCUT2D eigenvalue weighted by Crippen LogP contribution is -2.49. The lowest BCUT2D eigenvalue weighted by atomic mass is 9.65. The highest BCUT2D eigenvalue weighted by atomic mass is 32.2. The molecule has 6 nitrogen and oxygen atoms in total. The van der Waals surface area contributed by atoms with Crippen LogP contribution in [-0.2, 0) is 21.2 Å². The van der Waals surface area contributed by atoms with Gasteiger partial charge in [0.15, 0.2) is 11.5 Å². The van der Waals surface area contributed by atoms with Crippen molar-refractivity contribution in [2.24, 2.45) is 5.41 Å². The van der Waals surface area contributed by atoms with Crippen LogP contribution < -0.4 is 9.47 Å². The maximum absolute atomic E-state index is 13.5. The number of carbonyl (C=O) groups is 1. The first-order valence-corrected chi connectivity index (χ1v) is 11.8. The van der Waals surface area contributed by atoms with Crippen LogP contribution in [0.5, 0.6) is 11.5 Å². The normalized spacial score (nSPS) is 21.9. The van der Waals surface area contributed by atoms with E-state index in [0.717, 1.165) is 11.1 Å². The first-order chi connectivity index (χ1) is 14.9. The second kappa shape index (κ2) is 8.48. The van der Waals surface area contributed by atoms with Crippen molar-refractivity contribution < 1.29 is 22.7 Å². The van der Waals surface area contributed by atoms with Crippen LogP contribution >= 0.6 is 0 Å². The number of rotatable bonds is 6. The molecule has 7 heteroatoms. The van der Waals surface area contributed by atoms with Gasteiger partial charge in [-0.1, -0.05) is 42.0 Å². The van der Waals surface area contributed by atoms with Gasteiger partial charge < -0.3 is 9.47 Å². The van der Waals surface area contributed by atoms with Crippen molar-refractivity contribution in [2.45, 2.75) is 30.6 Å². The van der Waals surface area contributed by atoms with Crippen molar-refractivity contribution >= 4 is 15.8 Å². The molecule has 164 valence electrons. The maximum atomic E-state index is 13.5. The third-order valence-corrected chi connectivity index (χ3v) is 8.16. The molecule has 2 aromatic carbocycles. The molecule has 2 aromatic rings. The zero-order valence-electron chi connectivity index (χ0n) is 17.8. The Kier molecular flexibility index (Phi) is 5.90. The van der Waals surface area contributed by atoms with Gasteiger partial charge in [0.25, 0.3) is 0 Å². The highest BCUT2D eigenvalue weighted by molar-refractivity contribution is 7.89. The van der Waals surface area contributed by atoms with Crippen LogP contribution in [-0.4, -0.2) is 45.8 Å². The van der Waals surface area contributed by atoms with E-state index in [-0.39, 0.29) is 22.6 Å². The first-order valence-electron chi connectivity index (χ1n) is 10.4. The lowest BCUT2D eigenvalue weighted by molar-refractivity contribution is -0.120. The van der Waals surface area contributed by atoms with Gasteiger partial charge in [-0.3, -0.25) is 4.79 Å². The van der Waals surface area contributed by atoms with E-state index in [4.69, 9.17) is 9.47 Å². The van der Waals surface area contributed by atoms with E-state index in [1.807, 2.05) is 24.3 Å². The summed E-state index contributed by atoms with van der Waals surface area (Å²) >= 11 is 0. The number of ether oxygens (including phenoxy) is 2. The van der Waals surface area contributed by atoms with Crippen molar-refractivity contribution in [1.82, 2.24) is 4.31 Å². The van der Waals surface area contributed by atoms with E-state index < -0.39 is 10.0 Å². The van der Waals surface area contributed by atoms with Crippen molar-refractivity contribution in [3.05, 3.63) is 65.7 Å². The Bertz CT molecular complexity index is 1110. The summed E-state index contributed by atoms with van der Waals surface area (Å²) in [5.74, 6) is 1.08. The number of hydrogen-bond acceptors (Lipinski definition) is 5. The summed E-state index contributed by atoms with van der Waals surface area (Å²) in [6.07, 6.45) is 4.21. The van der Waals surface area contributed by atoms with E-state index in [0.29, 0.717) is 43.7 Å². The molecule has 0 bridgehead atoms. The molecule has 0 radical (unpaired) electrons. The van der Waals surface area contributed by atoms with Crippen LogP contribution in [0.25, 0.3) is 0 Å². The van der Waals surface area contributed by atoms with Gasteiger partial charge in [-0.25, -0.2) is 8.42 Å². The fourth-order valence-electron chi connectivity index (χ4n) is 4.66. The van der Waals surface area contributed by atoms with Crippen molar-refractivity contribution in [2.75, 3.05) is 27.3 Å². The van der Waals surface area contributed by atoms with Gasteiger partial charge in [-0.15, -0.1) is 0 Å². The van der Waals surface area contributed by atoms with Crippen molar-refractivity contribution in [3.8, 4) is 11.5 Å². The number of benzene rings is 2. The molecule has 1 saturated carbocycles. The molecule has 0 amide bonds. The molecule has 0 spiro atoms. The summed E-state index contributed by atoms with van der Waals surface area (Å²) in [5.41, 5.74) is 1.86. The Morgan fingerprint density at radius 3 is 2.48 bits per heavy atom. The summed E-state index contributed by atoms with van der Waals surface area (Å²) in [6, 6.07) is 14.7. The molecule has 1 aliphatic carbocycles. The monoisotopic (exact) mass is 441 g/mol. The standard InChI is InChI=1S/C24H27NO5S/c1-29-22-9-8-21(15-23(22)30-2)31(27,28)25-13-11-19-14-20(26)10-12-24(19,17-25)16-18-6-4-3-5-7-18/h3-9,11,15H,10,12-14,16-17H2,1-2H3. The number of hydrogen-bond donors (Lipinski definition) is 0. The van der Waals surface area contributed by atoms with E-state index >= 15 is 0 Å². The predicted molar refractivity (Wildman–Crippen MR) is 118 cm³/mol. The van der Waals surface area contributed by atoms with Crippen LogP contribution in [0.15, 0.2) is 65.1 Å². The van der Waals surface area contributed by atoms with Gasteiger partial charge >= 0.3 is 0 Å². The van der Waals surface area contributed by atoms with Gasteiger partial charge in [-0.2, -0.15) is 4.31 Å². The quantitative estimate of drug-likeness (QED) is 0.641. The number of nitrogens with zero attached hydrogens (tertiary/aromatic N) is 1. The molecule has 0 N–H and O–H groups in total. The fourth-order valence-corrected chi connectivity index (χ4v) is 6.15. The third kappa shape index (κ3) is 4.12. The average Bonchev–Trinajstić information content (AvgIpc) is 2.79. The van der Waals surface area contributed by atoms with Gasteiger partial charge in [0.05, 0.1) is 19.1 Å². The molecule has 1 fully saturated rings. The van der Waals surface area contributed by atoms with Crippen LogP contribution in [0.1, 0.15) is 24.8 Å². The summed E-state index contributed by atoms with van der Waals surface area (Å²) in [4.78, 5) is 12.3. The predicted octanol–water partition coefficient (Wildman–Crippen LogP) is 3.62. The van der Waals surface area contributed by atoms with E-state index in [1.54, 1.807) is 12.1 Å². The smallest absolute Gasteiger partial charge is 0.243 e. The van der Waals surface area contributed by atoms with E-state index in [9.17, 15) is 13.2 Å². The molecule has 1 aliphatic heterocycles. The minimum absolute atomic E-state index is 0.170. The SMILES string of the molecule is COc1ccc(S(=O)(=O)N2CC=C3CC(=O)CCC3(Cc3ccccc3)C2)cc1OC. The van der Waals surface area contributed by atoms with Gasteiger partial charge in [-0.05, 0) is 30.5 Å². The number of sulfonamides is 1. The number of methoxy groups -OCH3 is 2. The zero-order chi connectivity index (χ0) is 22.1. The molecule has 31 heavy (non-hydrogen) atoms. The molecule has 4 rings (SSSR count). The number of carbonyl (C=O) groups excluding carboxylic acids is 1. The third-order valence-electron chi connectivity index (χ3n) is 6.35. The van der Waals surface area contributed by atoms with Crippen LogP contribution in [0.2, 0.25) is 0 Å². The number of fused-ring (bicyclic) bond motifs is 1. The fraction of sp³-hybridized carbons (Fsp3) is 0.375. The van der Waals surface area contributed by atoms with Crippen LogP contribution in [0, 0.1) is 5.41 Å². The summed E-state index contributed by atoms with van der Waals surface area (Å²) in [6.45, 7) is 0.619. The molecule has 1 heterocycles. The maximum Gasteiger partial charge on any atom is 0.243 e.